The average Bonchev–Trinajstić information content (AvgIpc) is 2.11. The van der Waals surface area contributed by atoms with Gasteiger partial charge in [-0.2, -0.15) is 0 Å². The molecule has 0 aromatic carbocycles. The first kappa shape index (κ1) is 12.9. The molecule has 13 heavy (non-hydrogen) atoms. The molecule has 0 saturated carbocycles. The van der Waals surface area contributed by atoms with Gasteiger partial charge in [-0.1, -0.05) is 46.5 Å². The number of hydrogen-bond donors (Lipinski definition) is 2. The lowest BCUT2D eigenvalue weighted by Crippen LogP contribution is -2.25. The summed E-state index contributed by atoms with van der Waals surface area (Å²) in [4.78, 5) is 0. The number of aliphatic hydroxyl groups is 2. The molecular weight excluding hydrogens is 164 g/mol. The maximum atomic E-state index is 9.20. The van der Waals surface area contributed by atoms with Crippen LogP contribution in [0.5, 0.6) is 0 Å². The largest absolute Gasteiger partial charge is 0.361 e. The topological polar surface area (TPSA) is 40.5 Å². The van der Waals surface area contributed by atoms with E-state index in [1.807, 2.05) is 6.92 Å². The Kier molecular flexibility index (Phi) is 6.35. The fourth-order valence-corrected chi connectivity index (χ4v) is 1.48. The second-order valence-electron chi connectivity index (χ2n) is 4.09. The monoisotopic (exact) mass is 187 g/mol. The van der Waals surface area contributed by atoms with E-state index in [1.54, 1.807) is 0 Å². The quantitative estimate of drug-likeness (QED) is 0.639. The van der Waals surface area contributed by atoms with E-state index in [1.165, 1.54) is 0 Å². The third-order valence-electron chi connectivity index (χ3n) is 2.70. The molecule has 79 valence electrons. The van der Waals surface area contributed by atoms with Crippen LogP contribution in [0.3, 0.4) is 0 Å². The van der Waals surface area contributed by atoms with Gasteiger partial charge in [-0.3, -0.25) is 0 Å². The van der Waals surface area contributed by atoms with Crippen LogP contribution in [-0.4, -0.2) is 10.2 Å². The zero-order valence-corrected chi connectivity index (χ0v) is 9.14. The highest BCUT2D eigenvalue weighted by atomic mass is 16.5. The minimum atomic E-state index is -0.380. The van der Waals surface area contributed by atoms with Gasteiger partial charge in [0.15, 0.2) is 0 Å². The summed E-state index contributed by atoms with van der Waals surface area (Å²) in [5.41, 5.74) is -0.369. The zero-order chi connectivity index (χ0) is 10.3. The molecule has 0 rings (SSSR count). The predicted octanol–water partition coefficient (Wildman–Crippen LogP) is 3.61. The summed E-state index contributed by atoms with van der Waals surface area (Å²) in [5, 5.41) is 18.4. The van der Waals surface area contributed by atoms with Crippen LogP contribution in [0.15, 0.2) is 0 Å². The van der Waals surface area contributed by atoms with Crippen LogP contribution in [0.4, 0.5) is 0 Å². The molecule has 0 bridgehead atoms. The minimum absolute atomic E-state index is 0.369. The van der Waals surface area contributed by atoms with Crippen molar-refractivity contribution < 1.29 is 10.2 Å². The molecule has 0 spiro atoms. The van der Waals surface area contributed by atoms with Crippen molar-refractivity contribution in [3.8, 4) is 0 Å². The summed E-state index contributed by atoms with van der Waals surface area (Å²) in [6.45, 7) is 6.18. The highest BCUT2D eigenvalue weighted by Crippen LogP contribution is 2.36. The Hall–Kier alpha value is -0.0800. The van der Waals surface area contributed by atoms with Gasteiger partial charge in [-0.25, -0.2) is 0 Å². The Morgan fingerprint density at radius 3 is 1.62 bits per heavy atom. The van der Waals surface area contributed by atoms with E-state index in [-0.39, 0.29) is 11.7 Å². The average molecular weight is 187 g/mol. The molecule has 0 unspecified atom stereocenters. The third-order valence-corrected chi connectivity index (χ3v) is 2.70. The van der Waals surface area contributed by atoms with Crippen molar-refractivity contribution in [1.82, 2.24) is 0 Å². The van der Waals surface area contributed by atoms with Gasteiger partial charge in [0, 0.05) is 5.41 Å². The maximum absolute atomic E-state index is 9.20. The molecule has 0 heterocycles. The van der Waals surface area contributed by atoms with E-state index < -0.39 is 0 Å². The summed E-state index contributed by atoms with van der Waals surface area (Å²) < 4.78 is 0. The lowest BCUT2D eigenvalue weighted by Gasteiger charge is -2.29. The molecule has 0 saturated heterocycles. The highest BCUT2D eigenvalue weighted by Gasteiger charge is 2.31. The van der Waals surface area contributed by atoms with Crippen LogP contribution in [0.2, 0.25) is 0 Å². The van der Waals surface area contributed by atoms with E-state index in [2.05, 4.69) is 13.8 Å². The SMILES string of the molecule is CCCCC(C)(CCCC)[C](O)O. The van der Waals surface area contributed by atoms with E-state index in [4.69, 9.17) is 0 Å². The first-order valence-electron chi connectivity index (χ1n) is 5.32. The molecule has 0 atom stereocenters. The number of aliphatic hydroxyl groups excluding tert-OH is 1. The van der Waals surface area contributed by atoms with Gasteiger partial charge in [-0.15, -0.1) is 0 Å². The number of hydrogen-bond acceptors (Lipinski definition) is 2. The first-order chi connectivity index (χ1) is 6.06. The molecule has 0 aromatic rings. The van der Waals surface area contributed by atoms with E-state index in [9.17, 15) is 10.2 Å². The summed E-state index contributed by atoms with van der Waals surface area (Å²) in [6, 6.07) is 0. The van der Waals surface area contributed by atoms with Crippen molar-refractivity contribution in [3.05, 3.63) is 6.29 Å². The summed E-state index contributed by atoms with van der Waals surface area (Å²) in [5.74, 6) is 0. The van der Waals surface area contributed by atoms with Gasteiger partial charge in [0.25, 0.3) is 0 Å². The Bertz CT molecular complexity index is 113. The normalized spacial score (nSPS) is 12.5. The Morgan fingerprint density at radius 2 is 1.38 bits per heavy atom. The highest BCUT2D eigenvalue weighted by molar-refractivity contribution is 4.86. The molecule has 2 N–H and O–H groups in total. The molecule has 2 nitrogen and oxygen atoms in total. The molecular formula is C11H23O2. The second kappa shape index (κ2) is 6.39. The van der Waals surface area contributed by atoms with Crippen LogP contribution < -0.4 is 0 Å². The fourth-order valence-electron chi connectivity index (χ4n) is 1.48. The molecule has 0 aromatic heterocycles. The van der Waals surface area contributed by atoms with Crippen molar-refractivity contribution in [2.75, 3.05) is 0 Å². The van der Waals surface area contributed by atoms with E-state index in [0.29, 0.717) is 0 Å². The first-order valence-corrected chi connectivity index (χ1v) is 5.32. The van der Waals surface area contributed by atoms with Gasteiger partial charge in [0.1, 0.15) is 0 Å². The number of rotatable bonds is 7. The third kappa shape index (κ3) is 4.63. The Labute approximate surface area is 82.0 Å². The van der Waals surface area contributed by atoms with Gasteiger partial charge < -0.3 is 10.2 Å². The molecule has 0 aliphatic rings. The predicted molar refractivity (Wildman–Crippen MR) is 54.3 cm³/mol. The summed E-state index contributed by atoms with van der Waals surface area (Å²) >= 11 is 0. The van der Waals surface area contributed by atoms with Crippen LogP contribution in [-0.2, 0) is 0 Å². The van der Waals surface area contributed by atoms with Crippen molar-refractivity contribution in [3.63, 3.8) is 0 Å². The van der Waals surface area contributed by atoms with Crippen molar-refractivity contribution in [1.29, 1.82) is 0 Å². The van der Waals surface area contributed by atoms with Gasteiger partial charge >= 0.3 is 0 Å². The number of unbranched alkanes of at least 4 members (excludes halogenated alkanes) is 2. The van der Waals surface area contributed by atoms with Crippen molar-refractivity contribution in [2.45, 2.75) is 59.3 Å². The van der Waals surface area contributed by atoms with Crippen LogP contribution >= 0.6 is 0 Å². The standard InChI is InChI=1S/C11H23O2/c1-4-6-8-11(3,10(12)13)9-7-5-2/h12-13H,4-9H2,1-3H3. The van der Waals surface area contributed by atoms with Gasteiger partial charge in [0.2, 0.25) is 6.29 Å². The lowest BCUT2D eigenvalue weighted by atomic mass is 9.79. The zero-order valence-electron chi connectivity index (χ0n) is 9.14. The molecule has 2 heteroatoms. The second-order valence-corrected chi connectivity index (χ2v) is 4.09. The van der Waals surface area contributed by atoms with Gasteiger partial charge in [0.05, 0.1) is 0 Å². The summed E-state index contributed by atoms with van der Waals surface area (Å²) in [7, 11) is 0. The van der Waals surface area contributed by atoms with Crippen LogP contribution in [0.25, 0.3) is 0 Å². The maximum Gasteiger partial charge on any atom is 0.224 e. The Morgan fingerprint density at radius 1 is 1.00 bits per heavy atom. The van der Waals surface area contributed by atoms with Crippen molar-refractivity contribution >= 4 is 0 Å². The van der Waals surface area contributed by atoms with Crippen molar-refractivity contribution in [2.24, 2.45) is 5.41 Å². The van der Waals surface area contributed by atoms with Crippen LogP contribution in [0, 0.1) is 11.7 Å². The molecule has 0 aliphatic heterocycles. The van der Waals surface area contributed by atoms with Crippen LogP contribution in [0.1, 0.15) is 59.3 Å². The lowest BCUT2D eigenvalue weighted by molar-refractivity contribution is -0.0261. The van der Waals surface area contributed by atoms with Gasteiger partial charge in [-0.05, 0) is 12.8 Å². The molecule has 0 aliphatic carbocycles. The van der Waals surface area contributed by atoms with E-state index >= 15 is 0 Å². The molecule has 0 fully saturated rings. The Balaban J connectivity index is 4.00. The minimum Gasteiger partial charge on any atom is -0.361 e. The summed E-state index contributed by atoms with van der Waals surface area (Å²) in [6.07, 6.45) is 5.71. The molecule has 1 radical (unpaired) electrons. The fraction of sp³-hybridized carbons (Fsp3) is 0.909. The smallest absolute Gasteiger partial charge is 0.224 e. The van der Waals surface area contributed by atoms with E-state index in [0.717, 1.165) is 38.5 Å². The molecule has 0 amide bonds.